The number of rotatable bonds is 3. The van der Waals surface area contributed by atoms with E-state index in [2.05, 4.69) is 43.3 Å². The zero-order valence-electron chi connectivity index (χ0n) is 9.34. The van der Waals surface area contributed by atoms with Crippen LogP contribution in [0.5, 0.6) is 0 Å². The van der Waals surface area contributed by atoms with Crippen molar-refractivity contribution in [2.24, 2.45) is 0 Å². The highest BCUT2D eigenvalue weighted by atomic mass is 79.9. The molecule has 16 heavy (non-hydrogen) atoms. The van der Waals surface area contributed by atoms with Crippen LogP contribution in [0.15, 0.2) is 28.7 Å². The van der Waals surface area contributed by atoms with Crippen molar-refractivity contribution < 1.29 is 0 Å². The Hall–Kier alpha value is -1.13. The molecular weight excluding hydrogens is 266 g/mol. The molecule has 0 saturated carbocycles. The zero-order valence-corrected chi connectivity index (χ0v) is 10.9. The van der Waals surface area contributed by atoms with E-state index in [9.17, 15) is 0 Å². The number of nitrogens with zero attached hydrogens (tertiary/aromatic N) is 1. The molecular formula is C12H14BrN3. The van der Waals surface area contributed by atoms with Crippen molar-refractivity contribution in [2.45, 2.75) is 13.5 Å². The van der Waals surface area contributed by atoms with Gasteiger partial charge in [0.25, 0.3) is 0 Å². The van der Waals surface area contributed by atoms with Gasteiger partial charge in [-0.15, -0.1) is 0 Å². The van der Waals surface area contributed by atoms with Gasteiger partial charge in [0.2, 0.25) is 0 Å². The lowest BCUT2D eigenvalue weighted by atomic mass is 10.1. The first-order valence-corrected chi connectivity index (χ1v) is 5.96. The molecule has 0 amide bonds. The standard InChI is InChI=1S/C12H14BrN3/c1-8-12(16-11(15-8)7-14-2)9-4-3-5-10(13)6-9/h3-6,14H,7H2,1-2H3,(H,15,16). The second-order valence-corrected chi connectivity index (χ2v) is 4.61. The zero-order chi connectivity index (χ0) is 11.5. The van der Waals surface area contributed by atoms with Crippen LogP contribution in [0.2, 0.25) is 0 Å². The average molecular weight is 280 g/mol. The Kier molecular flexibility index (Phi) is 3.41. The molecule has 2 aromatic rings. The molecule has 0 spiro atoms. The second kappa shape index (κ2) is 4.80. The number of hydrogen-bond donors (Lipinski definition) is 2. The van der Waals surface area contributed by atoms with Crippen molar-refractivity contribution in [1.82, 2.24) is 15.3 Å². The number of halogens is 1. The molecule has 0 fully saturated rings. The molecule has 0 aliphatic carbocycles. The fourth-order valence-electron chi connectivity index (χ4n) is 1.69. The van der Waals surface area contributed by atoms with Gasteiger partial charge >= 0.3 is 0 Å². The second-order valence-electron chi connectivity index (χ2n) is 3.70. The van der Waals surface area contributed by atoms with Gasteiger partial charge in [0.1, 0.15) is 5.82 Å². The number of aromatic nitrogens is 2. The minimum absolute atomic E-state index is 0.759. The lowest BCUT2D eigenvalue weighted by molar-refractivity contribution is 0.770. The Morgan fingerprint density at radius 1 is 1.44 bits per heavy atom. The van der Waals surface area contributed by atoms with E-state index in [4.69, 9.17) is 0 Å². The maximum Gasteiger partial charge on any atom is 0.121 e. The fraction of sp³-hybridized carbons (Fsp3) is 0.250. The van der Waals surface area contributed by atoms with Crippen LogP contribution in [-0.4, -0.2) is 17.0 Å². The number of aromatic amines is 1. The van der Waals surface area contributed by atoms with Crippen LogP contribution < -0.4 is 5.32 Å². The largest absolute Gasteiger partial charge is 0.344 e. The maximum atomic E-state index is 4.57. The van der Waals surface area contributed by atoms with Crippen LogP contribution in [0, 0.1) is 6.92 Å². The van der Waals surface area contributed by atoms with E-state index in [-0.39, 0.29) is 0 Å². The average Bonchev–Trinajstić information content (AvgIpc) is 2.60. The number of hydrogen-bond acceptors (Lipinski definition) is 2. The number of imidazole rings is 1. The van der Waals surface area contributed by atoms with Crippen LogP contribution >= 0.6 is 15.9 Å². The summed E-state index contributed by atoms with van der Waals surface area (Å²) in [6, 6.07) is 8.18. The lowest BCUT2D eigenvalue weighted by Gasteiger charge is -1.98. The van der Waals surface area contributed by atoms with E-state index in [1.54, 1.807) is 0 Å². The third kappa shape index (κ3) is 2.33. The summed E-state index contributed by atoms with van der Waals surface area (Å²) in [6.07, 6.45) is 0. The molecule has 1 aromatic heterocycles. The van der Waals surface area contributed by atoms with Crippen LogP contribution in [-0.2, 0) is 6.54 Å². The van der Waals surface area contributed by atoms with Crippen LogP contribution in [0.3, 0.4) is 0 Å². The molecule has 2 N–H and O–H groups in total. The summed E-state index contributed by atoms with van der Waals surface area (Å²) < 4.78 is 1.07. The summed E-state index contributed by atoms with van der Waals surface area (Å²) in [6.45, 7) is 2.80. The normalized spacial score (nSPS) is 10.7. The van der Waals surface area contributed by atoms with E-state index in [1.807, 2.05) is 26.1 Å². The molecule has 3 nitrogen and oxygen atoms in total. The van der Waals surface area contributed by atoms with Gasteiger partial charge in [-0.3, -0.25) is 0 Å². The summed E-state index contributed by atoms with van der Waals surface area (Å²) in [4.78, 5) is 7.85. The Morgan fingerprint density at radius 2 is 2.25 bits per heavy atom. The van der Waals surface area contributed by atoms with Crippen LogP contribution in [0.25, 0.3) is 11.3 Å². The quantitative estimate of drug-likeness (QED) is 0.907. The third-order valence-electron chi connectivity index (χ3n) is 2.38. The maximum absolute atomic E-state index is 4.57. The van der Waals surface area contributed by atoms with Crippen molar-refractivity contribution in [3.63, 3.8) is 0 Å². The van der Waals surface area contributed by atoms with E-state index in [1.165, 1.54) is 0 Å². The van der Waals surface area contributed by atoms with Crippen molar-refractivity contribution in [1.29, 1.82) is 0 Å². The smallest absolute Gasteiger partial charge is 0.121 e. The first-order chi connectivity index (χ1) is 7.70. The summed E-state index contributed by atoms with van der Waals surface area (Å²) in [5, 5.41) is 3.08. The van der Waals surface area contributed by atoms with E-state index in [0.29, 0.717) is 0 Å². The van der Waals surface area contributed by atoms with Crippen LogP contribution in [0.4, 0.5) is 0 Å². The highest BCUT2D eigenvalue weighted by Crippen LogP contribution is 2.24. The molecule has 0 aliphatic rings. The summed E-state index contributed by atoms with van der Waals surface area (Å²) in [5.41, 5.74) is 3.25. The lowest BCUT2D eigenvalue weighted by Crippen LogP contribution is -2.06. The molecule has 0 atom stereocenters. The molecule has 84 valence electrons. The van der Waals surface area contributed by atoms with Gasteiger partial charge in [-0.1, -0.05) is 28.1 Å². The van der Waals surface area contributed by atoms with Crippen LogP contribution in [0.1, 0.15) is 11.5 Å². The molecule has 0 unspecified atom stereocenters. The number of benzene rings is 1. The highest BCUT2D eigenvalue weighted by molar-refractivity contribution is 9.10. The Labute approximate surface area is 103 Å². The van der Waals surface area contributed by atoms with Gasteiger partial charge < -0.3 is 10.3 Å². The summed E-state index contributed by atoms with van der Waals surface area (Å²) in [7, 11) is 1.91. The van der Waals surface area contributed by atoms with Gasteiger partial charge in [-0.2, -0.15) is 0 Å². The predicted molar refractivity (Wildman–Crippen MR) is 69.2 cm³/mol. The van der Waals surface area contributed by atoms with Gasteiger partial charge in [-0.05, 0) is 26.1 Å². The summed E-state index contributed by atoms with van der Waals surface area (Å²) >= 11 is 3.47. The number of aryl methyl sites for hydroxylation is 1. The Bertz CT molecular complexity index is 491. The number of H-pyrrole nitrogens is 1. The van der Waals surface area contributed by atoms with Gasteiger partial charge in [0.15, 0.2) is 0 Å². The summed E-state index contributed by atoms with van der Waals surface area (Å²) in [5.74, 6) is 0.968. The van der Waals surface area contributed by atoms with Crippen molar-refractivity contribution in [3.05, 3.63) is 40.3 Å². The van der Waals surface area contributed by atoms with E-state index in [0.717, 1.165) is 33.8 Å². The number of nitrogens with one attached hydrogen (secondary N) is 2. The molecule has 4 heteroatoms. The fourth-order valence-corrected chi connectivity index (χ4v) is 2.09. The molecule has 0 aliphatic heterocycles. The van der Waals surface area contributed by atoms with E-state index >= 15 is 0 Å². The molecule has 0 radical (unpaired) electrons. The molecule has 0 saturated heterocycles. The van der Waals surface area contributed by atoms with Crippen molar-refractivity contribution in [2.75, 3.05) is 7.05 Å². The monoisotopic (exact) mass is 279 g/mol. The third-order valence-corrected chi connectivity index (χ3v) is 2.87. The Balaban J connectivity index is 2.40. The van der Waals surface area contributed by atoms with E-state index < -0.39 is 0 Å². The molecule has 1 heterocycles. The van der Waals surface area contributed by atoms with Crippen molar-refractivity contribution in [3.8, 4) is 11.3 Å². The van der Waals surface area contributed by atoms with Gasteiger partial charge in [0.05, 0.1) is 12.2 Å². The minimum atomic E-state index is 0.759. The topological polar surface area (TPSA) is 40.7 Å². The van der Waals surface area contributed by atoms with Gasteiger partial charge in [0, 0.05) is 15.7 Å². The van der Waals surface area contributed by atoms with Crippen molar-refractivity contribution >= 4 is 15.9 Å². The minimum Gasteiger partial charge on any atom is -0.344 e. The predicted octanol–water partition coefficient (Wildman–Crippen LogP) is 2.87. The first kappa shape index (κ1) is 11.4. The molecule has 2 rings (SSSR count). The Morgan fingerprint density at radius 3 is 2.94 bits per heavy atom. The highest BCUT2D eigenvalue weighted by Gasteiger charge is 2.08. The molecule has 0 bridgehead atoms. The first-order valence-electron chi connectivity index (χ1n) is 5.16. The SMILES string of the molecule is CNCc1nc(-c2cccc(Br)c2)c(C)[nH]1. The molecule has 1 aromatic carbocycles. The van der Waals surface area contributed by atoms with Gasteiger partial charge in [-0.25, -0.2) is 4.98 Å².